The van der Waals surface area contributed by atoms with Gasteiger partial charge in [-0.25, -0.2) is 8.78 Å². The number of alkyl halides is 1. The maximum atomic E-state index is 14.1. The SMILES string of the molecule is CCCc1c(C)[nH]c2c1-c1cc(C(=O)NCc3ccc(Cl)c(F)c3)c(=O)n(CC(=O)N3CC(C)(F)C3)c1NC2. The molecule has 4 heterocycles. The highest BCUT2D eigenvalue weighted by Gasteiger charge is 2.41. The molecule has 5 rings (SSSR count). The molecular weight excluding hydrogens is 528 g/mol. The number of carbonyl (C=O) groups is 2. The summed E-state index contributed by atoms with van der Waals surface area (Å²) >= 11 is 5.75. The topological polar surface area (TPSA) is 99.2 Å². The van der Waals surface area contributed by atoms with Gasteiger partial charge in [0.25, 0.3) is 11.5 Å². The molecule has 1 fully saturated rings. The van der Waals surface area contributed by atoms with Crippen molar-refractivity contribution < 1.29 is 18.4 Å². The van der Waals surface area contributed by atoms with Gasteiger partial charge in [0.15, 0.2) is 0 Å². The smallest absolute Gasteiger partial charge is 0.265 e. The zero-order valence-electron chi connectivity index (χ0n) is 22.0. The number of hydrogen-bond acceptors (Lipinski definition) is 4. The fourth-order valence-corrected chi connectivity index (χ4v) is 5.49. The zero-order chi connectivity index (χ0) is 28.1. The molecular formula is C28H30ClF2N5O3. The van der Waals surface area contributed by atoms with E-state index in [9.17, 15) is 23.2 Å². The first-order valence-electron chi connectivity index (χ1n) is 12.9. The fourth-order valence-electron chi connectivity index (χ4n) is 5.38. The number of fused-ring (bicyclic) bond motifs is 3. The second-order valence-corrected chi connectivity index (χ2v) is 10.9. The average molecular weight is 558 g/mol. The van der Waals surface area contributed by atoms with Crippen LogP contribution in [0.4, 0.5) is 14.6 Å². The quantitative estimate of drug-likeness (QED) is 0.403. The van der Waals surface area contributed by atoms with Crippen LogP contribution in [0.15, 0.2) is 29.1 Å². The number of nitrogens with one attached hydrogen (secondary N) is 3. The largest absolute Gasteiger partial charge is 0.365 e. The molecule has 0 bridgehead atoms. The summed E-state index contributed by atoms with van der Waals surface area (Å²) in [6.45, 7) is 5.44. The number of rotatable bonds is 7. The minimum atomic E-state index is -1.45. The number of likely N-dealkylation sites (tertiary alicyclic amines) is 1. The number of benzene rings is 1. The Morgan fingerprint density at radius 2 is 1.97 bits per heavy atom. The van der Waals surface area contributed by atoms with Gasteiger partial charge in [0.2, 0.25) is 5.91 Å². The third-order valence-electron chi connectivity index (χ3n) is 7.25. The third kappa shape index (κ3) is 5.05. The Morgan fingerprint density at radius 1 is 1.23 bits per heavy atom. The summed E-state index contributed by atoms with van der Waals surface area (Å²) in [5.74, 6) is -1.23. The van der Waals surface area contributed by atoms with E-state index >= 15 is 0 Å². The van der Waals surface area contributed by atoms with E-state index in [1.807, 2.05) is 6.92 Å². The number of aromatic amines is 1. The number of anilines is 1. The molecule has 0 spiro atoms. The third-order valence-corrected chi connectivity index (χ3v) is 7.56. The molecule has 2 aliphatic rings. The lowest BCUT2D eigenvalue weighted by atomic mass is 9.94. The lowest BCUT2D eigenvalue weighted by Crippen LogP contribution is -2.60. The highest BCUT2D eigenvalue weighted by atomic mass is 35.5. The molecule has 0 radical (unpaired) electrons. The second kappa shape index (κ2) is 10.1. The summed E-state index contributed by atoms with van der Waals surface area (Å²) in [7, 11) is 0. The van der Waals surface area contributed by atoms with Crippen LogP contribution in [0.25, 0.3) is 11.1 Å². The standard InChI is InChI=1S/C28H30ClF2N5O3/c1-4-5-17-15(2)34-22-11-32-25-18(24(17)22)9-19(26(38)33-10-16-6-7-20(29)21(30)8-16)27(39)36(25)12-23(37)35-13-28(3,31)14-35/h6-9,32,34H,4-5,10-14H2,1-3H3,(H,33,38). The molecule has 2 amide bonds. The van der Waals surface area contributed by atoms with Crippen molar-refractivity contribution in [2.24, 2.45) is 0 Å². The van der Waals surface area contributed by atoms with Gasteiger partial charge in [-0.3, -0.25) is 19.0 Å². The van der Waals surface area contributed by atoms with E-state index in [2.05, 4.69) is 22.5 Å². The molecule has 39 heavy (non-hydrogen) atoms. The number of aryl methyl sites for hydroxylation is 1. The molecule has 0 aliphatic carbocycles. The first kappa shape index (κ1) is 26.9. The van der Waals surface area contributed by atoms with Crippen LogP contribution in [0.1, 0.15) is 53.1 Å². The van der Waals surface area contributed by atoms with Gasteiger partial charge in [-0.1, -0.05) is 31.0 Å². The van der Waals surface area contributed by atoms with E-state index in [1.54, 1.807) is 12.1 Å². The van der Waals surface area contributed by atoms with Crippen molar-refractivity contribution in [1.29, 1.82) is 0 Å². The minimum Gasteiger partial charge on any atom is -0.365 e. The van der Waals surface area contributed by atoms with E-state index in [1.165, 1.54) is 28.5 Å². The Morgan fingerprint density at radius 3 is 2.64 bits per heavy atom. The van der Waals surface area contributed by atoms with E-state index < -0.39 is 28.9 Å². The molecule has 11 heteroatoms. The van der Waals surface area contributed by atoms with Crippen LogP contribution >= 0.6 is 11.6 Å². The maximum absolute atomic E-state index is 14.1. The van der Waals surface area contributed by atoms with Gasteiger partial charge in [0.1, 0.15) is 29.4 Å². The van der Waals surface area contributed by atoms with Crippen molar-refractivity contribution in [3.8, 4) is 11.1 Å². The van der Waals surface area contributed by atoms with Gasteiger partial charge in [0, 0.05) is 29.1 Å². The molecule has 0 unspecified atom stereocenters. The highest BCUT2D eigenvalue weighted by Crippen LogP contribution is 2.40. The van der Waals surface area contributed by atoms with E-state index in [0.29, 0.717) is 23.5 Å². The van der Waals surface area contributed by atoms with Gasteiger partial charge in [-0.2, -0.15) is 0 Å². The summed E-state index contributed by atoms with van der Waals surface area (Å²) < 4.78 is 29.2. The number of carbonyl (C=O) groups excluding carboxylic acids is 2. The molecule has 3 N–H and O–H groups in total. The Hall–Kier alpha value is -3.66. The fraction of sp³-hybridized carbons (Fsp3) is 0.393. The number of pyridine rings is 1. The number of amides is 2. The van der Waals surface area contributed by atoms with Crippen molar-refractivity contribution in [1.82, 2.24) is 19.8 Å². The van der Waals surface area contributed by atoms with E-state index in [4.69, 9.17) is 11.6 Å². The minimum absolute atomic E-state index is 0.0287. The number of aromatic nitrogens is 2. The Labute approximate surface area is 229 Å². The van der Waals surface area contributed by atoms with Crippen molar-refractivity contribution in [2.75, 3.05) is 18.4 Å². The van der Waals surface area contributed by atoms with Crippen LogP contribution in [0.2, 0.25) is 5.02 Å². The molecule has 1 saturated heterocycles. The monoisotopic (exact) mass is 557 g/mol. The van der Waals surface area contributed by atoms with Crippen molar-refractivity contribution >= 4 is 29.2 Å². The molecule has 3 aromatic rings. The van der Waals surface area contributed by atoms with Crippen LogP contribution in [0.3, 0.4) is 0 Å². The van der Waals surface area contributed by atoms with Crippen LogP contribution in [-0.2, 0) is 30.8 Å². The Kier molecular flexibility index (Phi) is 7.00. The van der Waals surface area contributed by atoms with Crippen molar-refractivity contribution in [3.05, 3.63) is 73.5 Å². The van der Waals surface area contributed by atoms with E-state index in [0.717, 1.165) is 35.4 Å². The number of hydrogen-bond donors (Lipinski definition) is 3. The predicted octanol–water partition coefficient (Wildman–Crippen LogP) is 4.32. The molecule has 0 atom stereocenters. The lowest BCUT2D eigenvalue weighted by Gasteiger charge is -2.42. The van der Waals surface area contributed by atoms with Gasteiger partial charge >= 0.3 is 0 Å². The van der Waals surface area contributed by atoms with Crippen LogP contribution in [0.5, 0.6) is 0 Å². The predicted molar refractivity (Wildman–Crippen MR) is 145 cm³/mol. The van der Waals surface area contributed by atoms with Crippen molar-refractivity contribution in [3.63, 3.8) is 0 Å². The van der Waals surface area contributed by atoms with Gasteiger partial charge in [-0.05, 0) is 49.6 Å². The summed E-state index contributed by atoms with van der Waals surface area (Å²) in [6.07, 6.45) is 1.69. The van der Waals surface area contributed by atoms with Gasteiger partial charge < -0.3 is 20.5 Å². The number of nitrogens with zero attached hydrogens (tertiary/aromatic N) is 2. The van der Waals surface area contributed by atoms with Crippen LogP contribution in [0, 0.1) is 12.7 Å². The Bertz CT molecular complexity index is 1540. The van der Waals surface area contributed by atoms with Crippen LogP contribution < -0.4 is 16.2 Å². The summed E-state index contributed by atoms with van der Waals surface area (Å²) in [6, 6.07) is 5.74. The molecule has 1 aromatic carbocycles. The average Bonchev–Trinajstić information content (AvgIpc) is 3.19. The van der Waals surface area contributed by atoms with Gasteiger partial charge in [0.05, 0.1) is 24.7 Å². The molecule has 8 nitrogen and oxygen atoms in total. The number of halogens is 3. The maximum Gasteiger partial charge on any atom is 0.265 e. The second-order valence-electron chi connectivity index (χ2n) is 10.5. The summed E-state index contributed by atoms with van der Waals surface area (Å²) in [5, 5.41) is 5.89. The van der Waals surface area contributed by atoms with E-state index in [-0.39, 0.29) is 36.8 Å². The zero-order valence-corrected chi connectivity index (χ0v) is 22.8. The highest BCUT2D eigenvalue weighted by molar-refractivity contribution is 6.30. The Balaban J connectivity index is 1.55. The first-order chi connectivity index (χ1) is 18.5. The molecule has 206 valence electrons. The van der Waals surface area contributed by atoms with Gasteiger partial charge in [-0.15, -0.1) is 0 Å². The molecule has 2 aliphatic heterocycles. The lowest BCUT2D eigenvalue weighted by molar-refractivity contribution is -0.144. The normalized spacial score (nSPS) is 15.2. The molecule has 0 saturated carbocycles. The first-order valence-corrected chi connectivity index (χ1v) is 13.3. The van der Waals surface area contributed by atoms with Crippen molar-refractivity contribution in [2.45, 2.75) is 58.9 Å². The number of H-pyrrole nitrogens is 1. The summed E-state index contributed by atoms with van der Waals surface area (Å²) in [4.78, 5) is 44.7. The molecule has 2 aromatic heterocycles. The summed E-state index contributed by atoms with van der Waals surface area (Å²) in [5.41, 5.74) is 2.80. The van der Waals surface area contributed by atoms with Crippen LogP contribution in [-0.4, -0.2) is 45.0 Å².